The van der Waals surface area contributed by atoms with Gasteiger partial charge in [-0.25, -0.2) is 0 Å². The van der Waals surface area contributed by atoms with Crippen LogP contribution in [0.5, 0.6) is 0 Å². The average Bonchev–Trinajstić information content (AvgIpc) is 2.40. The van der Waals surface area contributed by atoms with E-state index in [4.69, 9.17) is 17.3 Å². The number of hydrogen-bond acceptors (Lipinski definition) is 2. The van der Waals surface area contributed by atoms with Crippen molar-refractivity contribution >= 4 is 23.2 Å². The molecule has 0 bridgehead atoms. The van der Waals surface area contributed by atoms with Crippen molar-refractivity contribution in [2.45, 2.75) is 38.6 Å². The number of amides is 1. The second-order valence-electron chi connectivity index (χ2n) is 5.45. The molecule has 1 fully saturated rings. The Morgan fingerprint density at radius 1 is 1.42 bits per heavy atom. The number of benzene rings is 1. The number of rotatable bonds is 2. The fourth-order valence-corrected chi connectivity index (χ4v) is 2.82. The molecular weight excluding hydrogens is 260 g/mol. The Labute approximate surface area is 119 Å². The van der Waals surface area contributed by atoms with Crippen molar-refractivity contribution in [1.29, 1.82) is 0 Å². The Balaban J connectivity index is 2.11. The zero-order valence-corrected chi connectivity index (χ0v) is 12.3. The van der Waals surface area contributed by atoms with E-state index in [1.54, 1.807) is 4.90 Å². The van der Waals surface area contributed by atoms with Gasteiger partial charge >= 0.3 is 0 Å². The Morgan fingerprint density at radius 3 is 2.79 bits per heavy atom. The third-order valence-corrected chi connectivity index (χ3v) is 4.34. The fraction of sp³-hybridized carbons (Fsp3) is 0.533. The first-order chi connectivity index (χ1) is 8.99. The van der Waals surface area contributed by atoms with Crippen LogP contribution in [0.4, 0.5) is 5.69 Å². The van der Waals surface area contributed by atoms with Crippen LogP contribution < -0.4 is 10.6 Å². The van der Waals surface area contributed by atoms with Gasteiger partial charge in [0.15, 0.2) is 0 Å². The fourth-order valence-electron chi connectivity index (χ4n) is 2.64. The summed E-state index contributed by atoms with van der Waals surface area (Å²) in [5.41, 5.74) is 7.82. The predicted octanol–water partition coefficient (Wildman–Crippen LogP) is 3.13. The van der Waals surface area contributed by atoms with Crippen molar-refractivity contribution in [3.63, 3.8) is 0 Å². The first kappa shape index (κ1) is 14.4. The minimum atomic E-state index is 0.0498. The maximum absolute atomic E-state index is 12.5. The molecule has 1 aromatic carbocycles. The second kappa shape index (κ2) is 5.93. The van der Waals surface area contributed by atoms with E-state index in [9.17, 15) is 4.79 Å². The Hall–Kier alpha value is -1.06. The Morgan fingerprint density at radius 2 is 2.16 bits per heavy atom. The zero-order valence-electron chi connectivity index (χ0n) is 11.5. The zero-order chi connectivity index (χ0) is 14.0. The second-order valence-corrected chi connectivity index (χ2v) is 5.86. The van der Waals surface area contributed by atoms with Crippen LogP contribution >= 0.6 is 11.6 Å². The summed E-state index contributed by atoms with van der Waals surface area (Å²) in [5.74, 6) is 0.198. The van der Waals surface area contributed by atoms with Crippen molar-refractivity contribution in [2.75, 3.05) is 11.9 Å². The number of nitrogens with zero attached hydrogens (tertiary/aromatic N) is 1. The van der Waals surface area contributed by atoms with Gasteiger partial charge in [-0.3, -0.25) is 4.79 Å². The quantitative estimate of drug-likeness (QED) is 0.905. The van der Waals surface area contributed by atoms with E-state index in [1.165, 1.54) is 0 Å². The standard InChI is InChI=1S/C15H21ClN2O/c1-10-6-7-13(9-14(10)16)18(2)15(19)11-4-3-5-12(17)8-11/h6-7,9,11-12H,3-5,8,17H2,1-2H3. The van der Waals surface area contributed by atoms with Crippen LogP contribution in [0.2, 0.25) is 5.02 Å². The molecule has 19 heavy (non-hydrogen) atoms. The number of anilines is 1. The molecule has 1 saturated carbocycles. The molecule has 1 aliphatic rings. The van der Waals surface area contributed by atoms with E-state index in [0.717, 1.165) is 36.9 Å². The normalized spacial score (nSPS) is 23.2. The van der Waals surface area contributed by atoms with E-state index in [0.29, 0.717) is 5.02 Å². The molecule has 0 saturated heterocycles. The molecule has 2 unspecified atom stereocenters. The summed E-state index contributed by atoms with van der Waals surface area (Å²) in [6.45, 7) is 1.95. The van der Waals surface area contributed by atoms with Crippen molar-refractivity contribution in [3.05, 3.63) is 28.8 Å². The first-order valence-corrected chi connectivity index (χ1v) is 7.16. The summed E-state index contributed by atoms with van der Waals surface area (Å²) in [7, 11) is 1.81. The average molecular weight is 281 g/mol. The highest BCUT2D eigenvalue weighted by molar-refractivity contribution is 6.31. The van der Waals surface area contributed by atoms with Gasteiger partial charge in [0.05, 0.1) is 0 Å². The topological polar surface area (TPSA) is 46.3 Å². The van der Waals surface area contributed by atoms with Crippen LogP contribution in [-0.4, -0.2) is 19.0 Å². The van der Waals surface area contributed by atoms with Gasteiger partial charge in [0.25, 0.3) is 0 Å². The smallest absolute Gasteiger partial charge is 0.229 e. The number of carbonyl (C=O) groups excluding carboxylic acids is 1. The Kier molecular flexibility index (Phi) is 4.48. The molecule has 0 aromatic heterocycles. The van der Waals surface area contributed by atoms with Crippen molar-refractivity contribution < 1.29 is 4.79 Å². The number of carbonyl (C=O) groups is 1. The highest BCUT2D eigenvalue weighted by atomic mass is 35.5. The van der Waals surface area contributed by atoms with Crippen LogP contribution in [0.1, 0.15) is 31.2 Å². The molecule has 0 radical (unpaired) electrons. The number of halogens is 1. The largest absolute Gasteiger partial charge is 0.328 e. The highest BCUT2D eigenvalue weighted by Crippen LogP contribution is 2.28. The number of nitrogens with two attached hydrogens (primary N) is 1. The molecule has 3 nitrogen and oxygen atoms in total. The molecule has 2 N–H and O–H groups in total. The van der Waals surface area contributed by atoms with E-state index < -0.39 is 0 Å². The maximum Gasteiger partial charge on any atom is 0.229 e. The molecule has 2 rings (SSSR count). The van der Waals surface area contributed by atoms with Crippen LogP contribution in [0, 0.1) is 12.8 Å². The van der Waals surface area contributed by atoms with Gasteiger partial charge in [0, 0.05) is 29.7 Å². The SMILES string of the molecule is Cc1ccc(N(C)C(=O)C2CCCC(N)C2)cc1Cl. The van der Waals surface area contributed by atoms with Gasteiger partial charge in [-0.1, -0.05) is 24.1 Å². The monoisotopic (exact) mass is 280 g/mol. The van der Waals surface area contributed by atoms with Gasteiger partial charge in [0.2, 0.25) is 5.91 Å². The molecule has 0 heterocycles. The van der Waals surface area contributed by atoms with Crippen molar-refractivity contribution in [3.8, 4) is 0 Å². The molecule has 1 aromatic rings. The lowest BCUT2D eigenvalue weighted by molar-refractivity contribution is -0.123. The lowest BCUT2D eigenvalue weighted by Crippen LogP contribution is -2.38. The minimum Gasteiger partial charge on any atom is -0.328 e. The van der Waals surface area contributed by atoms with E-state index >= 15 is 0 Å². The van der Waals surface area contributed by atoms with Gasteiger partial charge in [-0.15, -0.1) is 0 Å². The summed E-state index contributed by atoms with van der Waals surface area (Å²) in [5, 5.41) is 0.692. The third-order valence-electron chi connectivity index (χ3n) is 3.94. The molecule has 1 amide bonds. The van der Waals surface area contributed by atoms with Crippen LogP contribution in [0.3, 0.4) is 0 Å². The summed E-state index contributed by atoms with van der Waals surface area (Å²) in [4.78, 5) is 14.2. The van der Waals surface area contributed by atoms with Crippen molar-refractivity contribution in [2.24, 2.45) is 11.7 Å². The lowest BCUT2D eigenvalue weighted by atomic mass is 9.85. The lowest BCUT2D eigenvalue weighted by Gasteiger charge is -2.29. The summed E-state index contributed by atoms with van der Waals surface area (Å²) >= 11 is 6.11. The molecule has 0 aliphatic heterocycles. The van der Waals surface area contributed by atoms with E-state index in [-0.39, 0.29) is 17.9 Å². The number of hydrogen-bond donors (Lipinski definition) is 1. The molecule has 4 heteroatoms. The van der Waals surface area contributed by atoms with Gasteiger partial charge in [-0.05, 0) is 43.9 Å². The van der Waals surface area contributed by atoms with Crippen molar-refractivity contribution in [1.82, 2.24) is 0 Å². The van der Waals surface area contributed by atoms with E-state index in [1.807, 2.05) is 32.2 Å². The Bertz CT molecular complexity index is 475. The van der Waals surface area contributed by atoms with Crippen LogP contribution in [0.25, 0.3) is 0 Å². The molecule has 2 atom stereocenters. The summed E-state index contributed by atoms with van der Waals surface area (Å²) in [6, 6.07) is 5.88. The third kappa shape index (κ3) is 3.28. The molecule has 104 valence electrons. The maximum atomic E-state index is 12.5. The van der Waals surface area contributed by atoms with Gasteiger partial charge in [-0.2, -0.15) is 0 Å². The molecule has 0 spiro atoms. The first-order valence-electron chi connectivity index (χ1n) is 6.78. The molecular formula is C15H21ClN2O. The van der Waals surface area contributed by atoms with E-state index in [2.05, 4.69) is 0 Å². The van der Waals surface area contributed by atoms with Gasteiger partial charge < -0.3 is 10.6 Å². The minimum absolute atomic E-state index is 0.0498. The highest BCUT2D eigenvalue weighted by Gasteiger charge is 2.28. The number of aryl methyl sites for hydroxylation is 1. The van der Waals surface area contributed by atoms with Gasteiger partial charge in [0.1, 0.15) is 0 Å². The predicted molar refractivity (Wildman–Crippen MR) is 79.5 cm³/mol. The molecule has 1 aliphatic carbocycles. The van der Waals surface area contributed by atoms with Crippen LogP contribution in [-0.2, 0) is 4.79 Å². The van der Waals surface area contributed by atoms with Crippen LogP contribution in [0.15, 0.2) is 18.2 Å². The summed E-state index contributed by atoms with van der Waals surface area (Å²) < 4.78 is 0. The summed E-state index contributed by atoms with van der Waals surface area (Å²) in [6.07, 6.45) is 3.81.